The molecule has 1 unspecified atom stereocenters. The third-order valence-corrected chi connectivity index (χ3v) is 2.41. The highest BCUT2D eigenvalue weighted by Crippen LogP contribution is 2.25. The Morgan fingerprint density at radius 1 is 1.44 bits per heavy atom. The van der Waals surface area contributed by atoms with Crippen molar-refractivity contribution in [3.05, 3.63) is 0 Å². The van der Waals surface area contributed by atoms with E-state index in [1.54, 1.807) is 6.92 Å². The third kappa shape index (κ3) is 2.65. The van der Waals surface area contributed by atoms with Gasteiger partial charge in [0.05, 0.1) is 0 Å². The summed E-state index contributed by atoms with van der Waals surface area (Å²) in [5, 5.41) is 2.42. The lowest BCUT2D eigenvalue weighted by Gasteiger charge is -2.24. The molecule has 2 amide bonds. The molecule has 16 heavy (non-hydrogen) atoms. The molecule has 1 fully saturated rings. The molecule has 4 nitrogen and oxygen atoms in total. The van der Waals surface area contributed by atoms with Crippen molar-refractivity contribution in [2.45, 2.75) is 32.0 Å². The van der Waals surface area contributed by atoms with Crippen LogP contribution in [0.15, 0.2) is 0 Å². The zero-order valence-corrected chi connectivity index (χ0v) is 8.80. The number of hydrogen-bond donors (Lipinski definition) is 1. The number of rotatable bonds is 2. The lowest BCUT2D eigenvalue weighted by Crippen LogP contribution is -2.50. The minimum absolute atomic E-state index is 0.0137. The summed E-state index contributed by atoms with van der Waals surface area (Å²) in [6.45, 7) is 1.99. The van der Waals surface area contributed by atoms with E-state index in [9.17, 15) is 22.8 Å². The van der Waals surface area contributed by atoms with E-state index in [2.05, 4.69) is 5.32 Å². The number of carbonyl (C=O) groups is 2. The zero-order chi connectivity index (χ0) is 12.3. The van der Waals surface area contributed by atoms with Crippen molar-refractivity contribution < 1.29 is 22.8 Å². The second-order valence-corrected chi connectivity index (χ2v) is 3.55. The van der Waals surface area contributed by atoms with Crippen LogP contribution in [0, 0.1) is 0 Å². The Kier molecular flexibility index (Phi) is 3.77. The topological polar surface area (TPSA) is 49.4 Å². The van der Waals surface area contributed by atoms with Crippen molar-refractivity contribution in [3.63, 3.8) is 0 Å². The first-order valence-electron chi connectivity index (χ1n) is 5.03. The van der Waals surface area contributed by atoms with Crippen LogP contribution in [0.5, 0.6) is 0 Å². The van der Waals surface area contributed by atoms with Gasteiger partial charge in [-0.05, 0) is 19.8 Å². The van der Waals surface area contributed by atoms with Crippen LogP contribution in [0.25, 0.3) is 0 Å². The maximum Gasteiger partial charge on any atom is 0.471 e. The molecule has 1 aliphatic rings. The molecule has 92 valence electrons. The maximum atomic E-state index is 12.2. The summed E-state index contributed by atoms with van der Waals surface area (Å²) in [6, 6.07) is -0.978. The number of hydrogen-bond acceptors (Lipinski definition) is 2. The number of nitrogens with one attached hydrogen (secondary N) is 1. The van der Waals surface area contributed by atoms with Crippen LogP contribution < -0.4 is 5.32 Å². The van der Waals surface area contributed by atoms with Gasteiger partial charge in [0.2, 0.25) is 5.91 Å². The predicted molar refractivity (Wildman–Crippen MR) is 49.5 cm³/mol. The van der Waals surface area contributed by atoms with E-state index < -0.39 is 24.0 Å². The van der Waals surface area contributed by atoms with Crippen LogP contribution in [-0.4, -0.2) is 42.0 Å². The molecule has 1 N–H and O–H groups in total. The summed E-state index contributed by atoms with van der Waals surface area (Å²) in [7, 11) is 0. The molecule has 1 atom stereocenters. The van der Waals surface area contributed by atoms with E-state index in [1.165, 1.54) is 0 Å². The molecule has 0 aromatic rings. The number of carbonyl (C=O) groups excluding carboxylic acids is 2. The summed E-state index contributed by atoms with van der Waals surface area (Å²) in [4.78, 5) is 23.0. The molecule has 1 aliphatic heterocycles. The average molecular weight is 238 g/mol. The van der Waals surface area contributed by atoms with Gasteiger partial charge in [-0.25, -0.2) is 0 Å². The fourth-order valence-electron chi connectivity index (χ4n) is 1.74. The van der Waals surface area contributed by atoms with E-state index in [0.29, 0.717) is 17.9 Å². The van der Waals surface area contributed by atoms with Crippen molar-refractivity contribution in [2.24, 2.45) is 0 Å². The standard InChI is InChI=1S/C9H13F3N2O2/c1-2-13-7(15)6-4-3-5-14(6)8(16)9(10,11)12/h6H,2-5H2,1H3,(H,13,15). The zero-order valence-electron chi connectivity index (χ0n) is 8.80. The Labute approximate surface area is 90.8 Å². The molecule has 0 radical (unpaired) electrons. The van der Waals surface area contributed by atoms with Gasteiger partial charge in [-0.1, -0.05) is 0 Å². The van der Waals surface area contributed by atoms with Gasteiger partial charge in [-0.15, -0.1) is 0 Å². The van der Waals surface area contributed by atoms with Crippen LogP contribution in [0.2, 0.25) is 0 Å². The predicted octanol–water partition coefficient (Wildman–Crippen LogP) is 0.676. The number of nitrogens with zero attached hydrogens (tertiary/aromatic N) is 1. The molecule has 1 rings (SSSR count). The molecule has 0 spiro atoms. The summed E-state index contributed by atoms with van der Waals surface area (Å²) < 4.78 is 36.6. The second-order valence-electron chi connectivity index (χ2n) is 3.55. The maximum absolute atomic E-state index is 12.2. The molecule has 0 bridgehead atoms. The third-order valence-electron chi connectivity index (χ3n) is 2.41. The summed E-state index contributed by atoms with van der Waals surface area (Å²) >= 11 is 0. The van der Waals surface area contributed by atoms with Gasteiger partial charge < -0.3 is 10.2 Å². The van der Waals surface area contributed by atoms with Crippen LogP contribution in [0.1, 0.15) is 19.8 Å². The van der Waals surface area contributed by atoms with E-state index in [0.717, 1.165) is 0 Å². The number of halogens is 3. The number of likely N-dealkylation sites (tertiary alicyclic amines) is 1. The van der Waals surface area contributed by atoms with Crippen molar-refractivity contribution in [3.8, 4) is 0 Å². The smallest absolute Gasteiger partial charge is 0.355 e. The van der Waals surface area contributed by atoms with Crippen LogP contribution in [-0.2, 0) is 9.59 Å². The first kappa shape index (κ1) is 12.8. The van der Waals surface area contributed by atoms with Gasteiger partial charge >= 0.3 is 12.1 Å². The first-order valence-corrected chi connectivity index (χ1v) is 5.03. The fourth-order valence-corrected chi connectivity index (χ4v) is 1.74. The van der Waals surface area contributed by atoms with Crippen molar-refractivity contribution in [2.75, 3.05) is 13.1 Å². The van der Waals surface area contributed by atoms with Gasteiger partial charge in [-0.3, -0.25) is 9.59 Å². The normalized spacial score (nSPS) is 21.0. The Morgan fingerprint density at radius 2 is 2.06 bits per heavy atom. The van der Waals surface area contributed by atoms with Crippen LogP contribution >= 0.6 is 0 Å². The summed E-state index contributed by atoms with van der Waals surface area (Å²) in [6.07, 6.45) is -4.20. The van der Waals surface area contributed by atoms with Gasteiger partial charge in [0.25, 0.3) is 0 Å². The number of likely N-dealkylation sites (N-methyl/N-ethyl adjacent to an activating group) is 1. The summed E-state index contributed by atoms with van der Waals surface area (Å²) in [5.41, 5.74) is 0. The molecule has 0 aliphatic carbocycles. The van der Waals surface area contributed by atoms with Crippen molar-refractivity contribution in [1.82, 2.24) is 10.2 Å². The Bertz CT molecular complexity index is 291. The Hall–Kier alpha value is -1.27. The molecule has 0 aromatic carbocycles. The molecule has 0 aromatic heterocycles. The second kappa shape index (κ2) is 4.71. The fraction of sp³-hybridized carbons (Fsp3) is 0.778. The van der Waals surface area contributed by atoms with Gasteiger partial charge in [0, 0.05) is 13.1 Å². The van der Waals surface area contributed by atoms with E-state index >= 15 is 0 Å². The molecular formula is C9H13F3N2O2. The number of alkyl halides is 3. The molecule has 1 heterocycles. The van der Waals surface area contributed by atoms with Gasteiger partial charge in [-0.2, -0.15) is 13.2 Å². The van der Waals surface area contributed by atoms with Crippen molar-refractivity contribution >= 4 is 11.8 Å². The quantitative estimate of drug-likeness (QED) is 0.769. The van der Waals surface area contributed by atoms with Crippen molar-refractivity contribution in [1.29, 1.82) is 0 Å². The highest BCUT2D eigenvalue weighted by Gasteiger charge is 2.47. The van der Waals surface area contributed by atoms with Crippen LogP contribution in [0.4, 0.5) is 13.2 Å². The molecular weight excluding hydrogens is 225 g/mol. The lowest BCUT2D eigenvalue weighted by atomic mass is 10.2. The van der Waals surface area contributed by atoms with E-state index in [4.69, 9.17) is 0 Å². The minimum atomic E-state index is -4.91. The largest absolute Gasteiger partial charge is 0.471 e. The van der Waals surface area contributed by atoms with E-state index in [-0.39, 0.29) is 13.0 Å². The minimum Gasteiger partial charge on any atom is -0.355 e. The van der Waals surface area contributed by atoms with Gasteiger partial charge in [0.15, 0.2) is 0 Å². The Morgan fingerprint density at radius 3 is 2.56 bits per heavy atom. The highest BCUT2D eigenvalue weighted by molar-refractivity contribution is 5.90. The van der Waals surface area contributed by atoms with Gasteiger partial charge in [0.1, 0.15) is 6.04 Å². The molecule has 0 saturated carbocycles. The SMILES string of the molecule is CCNC(=O)C1CCCN1C(=O)C(F)(F)F. The highest BCUT2D eigenvalue weighted by atomic mass is 19.4. The molecule has 7 heteroatoms. The number of amides is 2. The molecule has 1 saturated heterocycles. The first-order chi connectivity index (χ1) is 7.38. The van der Waals surface area contributed by atoms with E-state index in [1.807, 2.05) is 0 Å². The van der Waals surface area contributed by atoms with Crippen LogP contribution in [0.3, 0.4) is 0 Å². The Balaban J connectivity index is 2.73. The average Bonchev–Trinajstić information content (AvgIpc) is 2.63. The monoisotopic (exact) mass is 238 g/mol. The summed E-state index contributed by atoms with van der Waals surface area (Å²) in [5.74, 6) is -2.45. The lowest BCUT2D eigenvalue weighted by molar-refractivity contribution is -0.186.